The van der Waals surface area contributed by atoms with Gasteiger partial charge in [-0.05, 0) is 30.4 Å². The first-order chi connectivity index (χ1) is 7.02. The fourth-order valence-corrected chi connectivity index (χ4v) is 1.92. The molecule has 0 spiro atoms. The Morgan fingerprint density at radius 3 is 2.38 bits per heavy atom. The van der Waals surface area contributed by atoms with Crippen molar-refractivity contribution in [2.75, 3.05) is 0 Å². The lowest BCUT2D eigenvalue weighted by Crippen LogP contribution is -2.11. The maximum atomic E-state index is 6.09. The minimum atomic E-state index is -0.0152. The maximum absolute atomic E-state index is 6.09. The van der Waals surface area contributed by atoms with Gasteiger partial charge in [0.2, 0.25) is 0 Å². The SMILES string of the molecule is CC(C)CC[C@@H](N)c1cccc(Cl)c1Cl.Cl. The predicted molar refractivity (Wildman–Crippen MR) is 74.7 cm³/mol. The Balaban J connectivity index is 0.00000225. The molecular formula is C12H18Cl3N. The first-order valence-electron chi connectivity index (χ1n) is 5.22. The van der Waals surface area contributed by atoms with Crippen LogP contribution in [0.25, 0.3) is 0 Å². The van der Waals surface area contributed by atoms with Crippen molar-refractivity contribution in [1.29, 1.82) is 0 Å². The van der Waals surface area contributed by atoms with Crippen LogP contribution >= 0.6 is 35.6 Å². The van der Waals surface area contributed by atoms with E-state index < -0.39 is 0 Å². The zero-order valence-electron chi connectivity index (χ0n) is 9.54. The molecule has 0 fully saturated rings. The van der Waals surface area contributed by atoms with Crippen LogP contribution in [0, 0.1) is 5.92 Å². The van der Waals surface area contributed by atoms with E-state index in [1.165, 1.54) is 0 Å². The third kappa shape index (κ3) is 4.50. The summed E-state index contributed by atoms with van der Waals surface area (Å²) in [5.41, 5.74) is 7.02. The van der Waals surface area contributed by atoms with Crippen LogP contribution in [-0.2, 0) is 0 Å². The van der Waals surface area contributed by atoms with Crippen molar-refractivity contribution in [1.82, 2.24) is 0 Å². The van der Waals surface area contributed by atoms with Gasteiger partial charge in [-0.25, -0.2) is 0 Å². The second-order valence-corrected chi connectivity index (χ2v) is 5.01. The molecule has 2 N–H and O–H groups in total. The van der Waals surface area contributed by atoms with Gasteiger partial charge in [0, 0.05) is 6.04 Å². The highest BCUT2D eigenvalue weighted by Crippen LogP contribution is 2.31. The molecule has 0 heterocycles. The number of nitrogens with two attached hydrogens (primary N) is 1. The summed E-state index contributed by atoms with van der Waals surface area (Å²) in [4.78, 5) is 0. The van der Waals surface area contributed by atoms with Crippen LogP contribution in [0.3, 0.4) is 0 Å². The molecule has 1 rings (SSSR count). The minimum absolute atomic E-state index is 0. The van der Waals surface area contributed by atoms with Gasteiger partial charge in [0.05, 0.1) is 10.0 Å². The molecule has 16 heavy (non-hydrogen) atoms. The Kier molecular flexibility index (Phi) is 7.41. The van der Waals surface area contributed by atoms with Gasteiger partial charge in [0.25, 0.3) is 0 Å². The molecule has 0 aromatic heterocycles. The van der Waals surface area contributed by atoms with Crippen LogP contribution in [0.4, 0.5) is 0 Å². The number of hydrogen-bond acceptors (Lipinski definition) is 1. The molecule has 0 radical (unpaired) electrons. The van der Waals surface area contributed by atoms with E-state index in [4.69, 9.17) is 28.9 Å². The van der Waals surface area contributed by atoms with Gasteiger partial charge in [-0.15, -0.1) is 12.4 Å². The fraction of sp³-hybridized carbons (Fsp3) is 0.500. The summed E-state index contributed by atoms with van der Waals surface area (Å²) in [6, 6.07) is 5.60. The molecule has 1 aromatic rings. The zero-order valence-corrected chi connectivity index (χ0v) is 11.9. The Hall–Kier alpha value is 0.0500. The Morgan fingerprint density at radius 2 is 1.81 bits per heavy atom. The lowest BCUT2D eigenvalue weighted by molar-refractivity contribution is 0.507. The number of benzene rings is 1. The van der Waals surface area contributed by atoms with Crippen LogP contribution in [-0.4, -0.2) is 0 Å². The molecular weight excluding hydrogens is 264 g/mol. The topological polar surface area (TPSA) is 26.0 Å². The van der Waals surface area contributed by atoms with E-state index in [2.05, 4.69) is 13.8 Å². The molecule has 0 bridgehead atoms. The van der Waals surface area contributed by atoms with Crippen LogP contribution in [0.15, 0.2) is 18.2 Å². The summed E-state index contributed by atoms with van der Waals surface area (Å²) < 4.78 is 0. The van der Waals surface area contributed by atoms with Crippen molar-refractivity contribution in [2.24, 2.45) is 11.7 Å². The molecule has 4 heteroatoms. The lowest BCUT2D eigenvalue weighted by Gasteiger charge is -2.15. The molecule has 0 aliphatic heterocycles. The molecule has 1 aromatic carbocycles. The van der Waals surface area contributed by atoms with Gasteiger partial charge in [-0.3, -0.25) is 0 Å². The summed E-state index contributed by atoms with van der Waals surface area (Å²) in [6.07, 6.45) is 2.04. The Bertz CT molecular complexity index is 326. The lowest BCUT2D eigenvalue weighted by atomic mass is 9.98. The van der Waals surface area contributed by atoms with Gasteiger partial charge >= 0.3 is 0 Å². The van der Waals surface area contributed by atoms with E-state index in [0.29, 0.717) is 16.0 Å². The van der Waals surface area contributed by atoms with Crippen molar-refractivity contribution in [2.45, 2.75) is 32.7 Å². The number of rotatable bonds is 4. The quantitative estimate of drug-likeness (QED) is 0.839. The van der Waals surface area contributed by atoms with Crippen molar-refractivity contribution < 1.29 is 0 Å². The molecule has 0 unspecified atom stereocenters. The molecule has 0 amide bonds. The normalized spacial score (nSPS) is 12.4. The van der Waals surface area contributed by atoms with E-state index in [9.17, 15) is 0 Å². The summed E-state index contributed by atoms with van der Waals surface area (Å²) in [6.45, 7) is 4.37. The second-order valence-electron chi connectivity index (χ2n) is 4.22. The molecule has 0 saturated carbocycles. The van der Waals surface area contributed by atoms with Gasteiger partial charge in [-0.2, -0.15) is 0 Å². The molecule has 0 saturated heterocycles. The molecule has 92 valence electrons. The Morgan fingerprint density at radius 1 is 1.19 bits per heavy atom. The summed E-state index contributed by atoms with van der Waals surface area (Å²) >= 11 is 12.0. The molecule has 0 aliphatic carbocycles. The smallest absolute Gasteiger partial charge is 0.0639 e. The zero-order chi connectivity index (χ0) is 11.4. The van der Waals surface area contributed by atoms with Crippen molar-refractivity contribution in [3.05, 3.63) is 33.8 Å². The van der Waals surface area contributed by atoms with E-state index in [1.54, 1.807) is 6.07 Å². The van der Waals surface area contributed by atoms with Crippen LogP contribution in [0.1, 0.15) is 38.3 Å². The fourth-order valence-electron chi connectivity index (χ4n) is 1.48. The van der Waals surface area contributed by atoms with Gasteiger partial charge in [0.15, 0.2) is 0 Å². The average molecular weight is 283 g/mol. The monoisotopic (exact) mass is 281 g/mol. The number of hydrogen-bond donors (Lipinski definition) is 1. The highest BCUT2D eigenvalue weighted by molar-refractivity contribution is 6.42. The van der Waals surface area contributed by atoms with Gasteiger partial charge in [-0.1, -0.05) is 49.2 Å². The Labute approximate surface area is 114 Å². The highest BCUT2D eigenvalue weighted by Gasteiger charge is 2.12. The molecule has 1 atom stereocenters. The minimum Gasteiger partial charge on any atom is -0.324 e. The third-order valence-corrected chi connectivity index (χ3v) is 3.27. The van der Waals surface area contributed by atoms with Gasteiger partial charge in [0.1, 0.15) is 0 Å². The van der Waals surface area contributed by atoms with E-state index in [1.807, 2.05) is 12.1 Å². The first-order valence-corrected chi connectivity index (χ1v) is 5.97. The van der Waals surface area contributed by atoms with Crippen LogP contribution in [0.5, 0.6) is 0 Å². The maximum Gasteiger partial charge on any atom is 0.0639 e. The summed E-state index contributed by atoms with van der Waals surface area (Å²) in [5.74, 6) is 0.661. The van der Waals surface area contributed by atoms with Crippen molar-refractivity contribution >= 4 is 35.6 Å². The summed E-state index contributed by atoms with van der Waals surface area (Å²) in [7, 11) is 0. The third-order valence-electron chi connectivity index (χ3n) is 2.44. The van der Waals surface area contributed by atoms with E-state index >= 15 is 0 Å². The molecule has 0 aliphatic rings. The van der Waals surface area contributed by atoms with Crippen LogP contribution < -0.4 is 5.73 Å². The van der Waals surface area contributed by atoms with Gasteiger partial charge < -0.3 is 5.73 Å². The predicted octanol–water partition coefficient (Wildman–Crippen LogP) is 4.85. The van der Waals surface area contributed by atoms with Crippen molar-refractivity contribution in [3.8, 4) is 0 Å². The standard InChI is InChI=1S/C12H17Cl2N.ClH/c1-8(2)6-7-11(15)9-4-3-5-10(13)12(9)14;/h3-5,8,11H,6-7,15H2,1-2H3;1H/t11-;/m1./s1. The van der Waals surface area contributed by atoms with Crippen molar-refractivity contribution in [3.63, 3.8) is 0 Å². The average Bonchev–Trinajstić information content (AvgIpc) is 2.18. The number of halogens is 3. The highest BCUT2D eigenvalue weighted by atomic mass is 35.5. The molecule has 1 nitrogen and oxygen atoms in total. The second kappa shape index (κ2) is 7.39. The van der Waals surface area contributed by atoms with E-state index in [0.717, 1.165) is 18.4 Å². The van der Waals surface area contributed by atoms with Crippen LogP contribution in [0.2, 0.25) is 10.0 Å². The first kappa shape index (κ1) is 16.1. The largest absolute Gasteiger partial charge is 0.324 e. The van der Waals surface area contributed by atoms with E-state index in [-0.39, 0.29) is 18.4 Å². The summed E-state index contributed by atoms with van der Waals surface area (Å²) in [5, 5.41) is 1.17.